The third-order valence-corrected chi connectivity index (χ3v) is 10.7. The third kappa shape index (κ3) is 4.20. The van der Waals surface area contributed by atoms with Gasteiger partial charge < -0.3 is 14.7 Å². The van der Waals surface area contributed by atoms with Gasteiger partial charge >= 0.3 is 11.9 Å². The minimum Gasteiger partial charge on any atom is -0.469 e. The fourth-order valence-corrected chi connectivity index (χ4v) is 9.11. The van der Waals surface area contributed by atoms with E-state index in [2.05, 4.69) is 25.9 Å². The van der Waals surface area contributed by atoms with E-state index in [0.29, 0.717) is 36.0 Å². The molecule has 1 N–H and O–H groups in total. The molecule has 0 radical (unpaired) electrons. The highest BCUT2D eigenvalue weighted by Crippen LogP contribution is 2.68. The Hall–Kier alpha value is -1.59. The lowest BCUT2D eigenvalue weighted by atomic mass is 9.44. The zero-order chi connectivity index (χ0) is 24.0. The molecule has 6 nitrogen and oxygen atoms in total. The Balaban J connectivity index is 1.53. The largest absolute Gasteiger partial charge is 0.469 e. The molecule has 0 aromatic heterocycles. The van der Waals surface area contributed by atoms with Crippen molar-refractivity contribution in [2.24, 2.45) is 51.5 Å². The van der Waals surface area contributed by atoms with Gasteiger partial charge in [-0.05, 0) is 98.2 Å². The van der Waals surface area contributed by atoms with E-state index in [0.717, 1.165) is 37.8 Å². The van der Waals surface area contributed by atoms with E-state index in [1.165, 1.54) is 39.7 Å². The Labute approximate surface area is 198 Å². The molecule has 0 aliphatic heterocycles. The van der Waals surface area contributed by atoms with Crippen LogP contribution in [0.4, 0.5) is 0 Å². The van der Waals surface area contributed by atoms with Gasteiger partial charge in [0.25, 0.3) is 0 Å². The molecule has 4 rings (SSSR count). The van der Waals surface area contributed by atoms with E-state index in [-0.39, 0.29) is 34.8 Å². The number of ether oxygens (including phenoxy) is 2. The van der Waals surface area contributed by atoms with E-state index in [4.69, 9.17) is 9.47 Å². The van der Waals surface area contributed by atoms with E-state index in [1.54, 1.807) is 0 Å². The van der Waals surface area contributed by atoms with Crippen molar-refractivity contribution < 1.29 is 24.3 Å². The molecule has 4 saturated carbocycles. The fourth-order valence-electron chi connectivity index (χ4n) is 9.11. The number of methoxy groups -OCH3 is 1. The lowest BCUT2D eigenvalue weighted by molar-refractivity contribution is -0.153. The molecule has 0 aromatic rings. The first-order valence-electron chi connectivity index (χ1n) is 13.1. The molecule has 0 saturated heterocycles. The van der Waals surface area contributed by atoms with Crippen LogP contribution >= 0.6 is 0 Å². The normalized spacial score (nSPS) is 44.3. The maximum atomic E-state index is 11.7. The van der Waals surface area contributed by atoms with Gasteiger partial charge in [-0.2, -0.15) is 0 Å². The van der Waals surface area contributed by atoms with Crippen LogP contribution in [0.25, 0.3) is 0 Å². The maximum Gasteiger partial charge on any atom is 0.305 e. The number of esters is 2. The topological polar surface area (TPSA) is 85.2 Å². The van der Waals surface area contributed by atoms with Gasteiger partial charge in [-0.25, -0.2) is 0 Å². The number of hydrogen-bond donors (Lipinski definition) is 1. The first-order chi connectivity index (χ1) is 15.6. The summed E-state index contributed by atoms with van der Waals surface area (Å²) in [7, 11) is 1.47. The summed E-state index contributed by atoms with van der Waals surface area (Å²) in [6.07, 6.45) is 9.87. The van der Waals surface area contributed by atoms with Crippen molar-refractivity contribution in [3.63, 3.8) is 0 Å². The summed E-state index contributed by atoms with van der Waals surface area (Å²) in [6.45, 7) is 8.72. The average molecular weight is 462 g/mol. The molecule has 0 unspecified atom stereocenters. The molecule has 6 heteroatoms. The van der Waals surface area contributed by atoms with Crippen molar-refractivity contribution in [2.45, 2.75) is 98.0 Å². The Morgan fingerprint density at radius 2 is 1.82 bits per heavy atom. The van der Waals surface area contributed by atoms with E-state index < -0.39 is 0 Å². The first-order valence-corrected chi connectivity index (χ1v) is 13.1. The van der Waals surface area contributed by atoms with Crippen LogP contribution in [0.3, 0.4) is 0 Å². The molecular formula is C27H43NO5. The summed E-state index contributed by atoms with van der Waals surface area (Å²) < 4.78 is 10.5. The Kier molecular flexibility index (Phi) is 6.85. The Morgan fingerprint density at radius 1 is 1.12 bits per heavy atom. The van der Waals surface area contributed by atoms with Crippen molar-refractivity contribution in [1.29, 1.82) is 0 Å². The van der Waals surface area contributed by atoms with E-state index in [9.17, 15) is 14.8 Å². The van der Waals surface area contributed by atoms with Gasteiger partial charge in [0.05, 0.1) is 12.8 Å². The summed E-state index contributed by atoms with van der Waals surface area (Å²) in [6, 6.07) is 0. The Morgan fingerprint density at radius 3 is 2.48 bits per heavy atom. The SMILES string of the molecule is COC(=O)CC[C@@H](C)[C@H]1CC[C@H]2[C@@H]3C/C(=N\O)[C@@H]4C[C@H](OC(C)=O)CC[C@]4(C)[C@H]3CC[C@]12C. The molecule has 4 fully saturated rings. The van der Waals surface area contributed by atoms with Crippen LogP contribution in [-0.4, -0.2) is 36.1 Å². The second kappa shape index (κ2) is 9.22. The summed E-state index contributed by atoms with van der Waals surface area (Å²) in [5.74, 6) is 2.84. The quantitative estimate of drug-likeness (QED) is 0.327. The lowest BCUT2D eigenvalue weighted by Gasteiger charge is -2.61. The average Bonchev–Trinajstić information content (AvgIpc) is 3.14. The zero-order valence-corrected chi connectivity index (χ0v) is 21.1. The maximum absolute atomic E-state index is 11.7. The highest BCUT2D eigenvalue weighted by atomic mass is 16.5. The van der Waals surface area contributed by atoms with Gasteiger partial charge in [-0.1, -0.05) is 25.9 Å². The highest BCUT2D eigenvalue weighted by molar-refractivity contribution is 5.88. The smallest absolute Gasteiger partial charge is 0.305 e. The molecular weight excluding hydrogens is 418 g/mol. The van der Waals surface area contributed by atoms with Crippen LogP contribution < -0.4 is 0 Å². The molecule has 0 bridgehead atoms. The number of carbonyl (C=O) groups excluding carboxylic acids is 2. The highest BCUT2D eigenvalue weighted by Gasteiger charge is 2.62. The van der Waals surface area contributed by atoms with Crippen LogP contribution in [0.2, 0.25) is 0 Å². The number of carbonyl (C=O) groups is 2. The summed E-state index contributed by atoms with van der Waals surface area (Å²) >= 11 is 0. The minimum absolute atomic E-state index is 0.0609. The monoisotopic (exact) mass is 461 g/mol. The molecule has 33 heavy (non-hydrogen) atoms. The predicted molar refractivity (Wildman–Crippen MR) is 126 cm³/mol. The first kappa shape index (κ1) is 24.5. The summed E-state index contributed by atoms with van der Waals surface area (Å²) in [5, 5.41) is 13.9. The lowest BCUT2D eigenvalue weighted by Crippen LogP contribution is -2.57. The van der Waals surface area contributed by atoms with E-state index >= 15 is 0 Å². The molecule has 0 aromatic carbocycles. The predicted octanol–water partition coefficient (Wildman–Crippen LogP) is 5.61. The van der Waals surface area contributed by atoms with Gasteiger partial charge in [0.1, 0.15) is 6.10 Å². The fraction of sp³-hybridized carbons (Fsp3) is 0.889. The minimum atomic E-state index is -0.216. The number of oxime groups is 1. The number of hydrogen-bond acceptors (Lipinski definition) is 6. The van der Waals surface area contributed by atoms with Crippen molar-refractivity contribution in [1.82, 2.24) is 0 Å². The van der Waals surface area contributed by atoms with E-state index in [1.807, 2.05) is 0 Å². The number of fused-ring (bicyclic) bond motifs is 5. The second-order valence-electron chi connectivity index (χ2n) is 12.1. The zero-order valence-electron chi connectivity index (χ0n) is 21.1. The van der Waals surface area contributed by atoms with Crippen molar-refractivity contribution >= 4 is 17.7 Å². The van der Waals surface area contributed by atoms with Crippen LogP contribution in [-0.2, 0) is 19.1 Å². The van der Waals surface area contributed by atoms with Crippen molar-refractivity contribution in [3.8, 4) is 0 Å². The molecule has 186 valence electrons. The van der Waals surface area contributed by atoms with Crippen molar-refractivity contribution in [2.75, 3.05) is 7.11 Å². The van der Waals surface area contributed by atoms with Gasteiger partial charge in [-0.3, -0.25) is 9.59 Å². The summed E-state index contributed by atoms with van der Waals surface area (Å²) in [4.78, 5) is 23.3. The van der Waals surface area contributed by atoms with Gasteiger partial charge in [0, 0.05) is 19.3 Å². The standard InChI is InChI=1S/C27H43NO5/c1-16(6-9-25(30)32-5)20-7-8-21-19-15-24(28-31)23-14-18(33-17(2)29)10-12-27(23,4)22(19)11-13-26(20,21)3/h16,18-23,31H,6-15H2,1-5H3/b28-24+/t16-,18-,19+,20-,21+,22+,23+,26-,27-/m1/s1. The van der Waals surface area contributed by atoms with Crippen LogP contribution in [0.15, 0.2) is 5.16 Å². The number of rotatable bonds is 5. The van der Waals surface area contributed by atoms with Gasteiger partial charge in [0.15, 0.2) is 0 Å². The summed E-state index contributed by atoms with van der Waals surface area (Å²) in [5.41, 5.74) is 1.33. The molecule has 4 aliphatic rings. The molecule has 0 spiro atoms. The molecule has 4 aliphatic carbocycles. The molecule has 0 amide bonds. The van der Waals surface area contributed by atoms with Crippen molar-refractivity contribution in [3.05, 3.63) is 0 Å². The van der Waals surface area contributed by atoms with Crippen LogP contribution in [0.1, 0.15) is 91.9 Å². The second-order valence-corrected chi connectivity index (χ2v) is 12.1. The third-order valence-electron chi connectivity index (χ3n) is 10.7. The number of nitrogens with zero attached hydrogens (tertiary/aromatic N) is 1. The Bertz CT molecular complexity index is 795. The molecule has 9 atom stereocenters. The van der Waals surface area contributed by atoms with Crippen LogP contribution in [0.5, 0.6) is 0 Å². The van der Waals surface area contributed by atoms with Gasteiger partial charge in [0.2, 0.25) is 0 Å². The molecule has 0 heterocycles. The van der Waals surface area contributed by atoms with Crippen LogP contribution in [0, 0.1) is 46.3 Å². The van der Waals surface area contributed by atoms with Gasteiger partial charge in [-0.15, -0.1) is 0 Å².